The standard InChI is InChI=1S/C21H22FN3O3S/c1-24(2)8-3-9-25(20(26)14-4-6-15(22)7-5-14)21-23-16-12-17-18(13-19(16)29-21)28-11-10-27-17/h4-7,12-13H,3,8-11H2,1-2H3/p+1. The SMILES string of the molecule is C[NH+](C)CCCN(C(=O)c1ccc(F)cc1)c1nc2cc3c(cc2s1)OCCO3. The topological polar surface area (TPSA) is 56.1 Å². The predicted molar refractivity (Wildman–Crippen MR) is 111 cm³/mol. The Balaban J connectivity index is 1.67. The van der Waals surface area contributed by atoms with Crippen molar-refractivity contribution in [3.63, 3.8) is 0 Å². The van der Waals surface area contributed by atoms with E-state index in [1.807, 2.05) is 12.1 Å². The van der Waals surface area contributed by atoms with Gasteiger partial charge in [0, 0.05) is 30.7 Å². The van der Waals surface area contributed by atoms with Gasteiger partial charge in [-0.15, -0.1) is 0 Å². The second-order valence-corrected chi connectivity index (χ2v) is 8.24. The van der Waals surface area contributed by atoms with Crippen LogP contribution < -0.4 is 19.3 Å². The van der Waals surface area contributed by atoms with Crippen molar-refractivity contribution in [2.75, 3.05) is 45.3 Å². The summed E-state index contributed by atoms with van der Waals surface area (Å²) in [5.74, 6) is 0.824. The number of hydrogen-bond donors (Lipinski definition) is 1. The lowest BCUT2D eigenvalue weighted by atomic mass is 10.2. The number of carbonyl (C=O) groups excluding carboxylic acids is 1. The van der Waals surface area contributed by atoms with Crippen LogP contribution >= 0.6 is 11.3 Å². The maximum atomic E-state index is 13.3. The number of nitrogens with zero attached hydrogens (tertiary/aromatic N) is 2. The molecule has 1 aliphatic heterocycles. The van der Waals surface area contributed by atoms with E-state index < -0.39 is 0 Å². The number of rotatable bonds is 6. The van der Waals surface area contributed by atoms with Crippen molar-refractivity contribution >= 4 is 32.6 Å². The Bertz CT molecular complexity index is 977. The second-order valence-electron chi connectivity index (χ2n) is 7.23. The summed E-state index contributed by atoms with van der Waals surface area (Å²) in [6.45, 7) is 2.49. The minimum Gasteiger partial charge on any atom is -0.486 e. The molecular weight excluding hydrogens is 393 g/mol. The summed E-state index contributed by atoms with van der Waals surface area (Å²) in [7, 11) is 4.16. The Morgan fingerprint density at radius 2 is 1.86 bits per heavy atom. The first-order valence-electron chi connectivity index (χ1n) is 9.58. The molecule has 8 heteroatoms. The largest absolute Gasteiger partial charge is 0.486 e. The number of benzene rings is 2. The molecule has 1 aliphatic rings. The first-order chi connectivity index (χ1) is 14.0. The van der Waals surface area contributed by atoms with Gasteiger partial charge in [-0.05, 0) is 24.3 Å². The summed E-state index contributed by atoms with van der Waals surface area (Å²) in [5.41, 5.74) is 1.21. The normalized spacial score (nSPS) is 13.1. The van der Waals surface area contributed by atoms with E-state index in [9.17, 15) is 9.18 Å². The molecule has 2 aromatic carbocycles. The highest BCUT2D eigenvalue weighted by atomic mass is 32.1. The van der Waals surface area contributed by atoms with E-state index in [4.69, 9.17) is 14.5 Å². The lowest BCUT2D eigenvalue weighted by molar-refractivity contribution is -0.858. The number of hydrogen-bond acceptors (Lipinski definition) is 5. The number of carbonyl (C=O) groups is 1. The van der Waals surface area contributed by atoms with Crippen molar-refractivity contribution in [3.05, 3.63) is 47.8 Å². The Morgan fingerprint density at radius 1 is 1.17 bits per heavy atom. The minimum atomic E-state index is -0.366. The zero-order valence-electron chi connectivity index (χ0n) is 16.4. The van der Waals surface area contributed by atoms with Crippen LogP contribution in [0.2, 0.25) is 0 Å². The second kappa shape index (κ2) is 8.34. The van der Waals surface area contributed by atoms with Gasteiger partial charge in [0.2, 0.25) is 0 Å². The van der Waals surface area contributed by atoms with Crippen LogP contribution in [0.15, 0.2) is 36.4 Å². The van der Waals surface area contributed by atoms with Crippen molar-refractivity contribution in [2.24, 2.45) is 0 Å². The molecule has 0 unspecified atom stereocenters. The first-order valence-corrected chi connectivity index (χ1v) is 10.4. The molecule has 3 aromatic rings. The van der Waals surface area contributed by atoms with Gasteiger partial charge in [-0.2, -0.15) is 0 Å². The molecule has 0 fully saturated rings. The molecule has 0 spiro atoms. The van der Waals surface area contributed by atoms with Crippen LogP contribution in [0.3, 0.4) is 0 Å². The molecule has 2 heterocycles. The van der Waals surface area contributed by atoms with Gasteiger partial charge in [0.15, 0.2) is 16.6 Å². The molecule has 1 aromatic heterocycles. The van der Waals surface area contributed by atoms with Crippen LogP contribution in [-0.2, 0) is 0 Å². The number of aromatic nitrogens is 1. The van der Waals surface area contributed by atoms with Crippen molar-refractivity contribution in [3.8, 4) is 11.5 Å². The molecule has 1 N–H and O–H groups in total. The van der Waals surface area contributed by atoms with Gasteiger partial charge >= 0.3 is 0 Å². The third kappa shape index (κ3) is 4.33. The molecular formula is C21H23FN3O3S+. The van der Waals surface area contributed by atoms with E-state index >= 15 is 0 Å². The number of anilines is 1. The molecule has 0 atom stereocenters. The van der Waals surface area contributed by atoms with Crippen LogP contribution in [-0.4, -0.2) is 51.3 Å². The van der Waals surface area contributed by atoms with Crippen LogP contribution in [0.4, 0.5) is 9.52 Å². The van der Waals surface area contributed by atoms with Gasteiger partial charge in [0.25, 0.3) is 5.91 Å². The Labute approximate surface area is 172 Å². The van der Waals surface area contributed by atoms with Crippen molar-refractivity contribution in [1.29, 1.82) is 0 Å². The summed E-state index contributed by atoms with van der Waals surface area (Å²) in [4.78, 5) is 20.9. The zero-order valence-corrected chi connectivity index (χ0v) is 17.2. The smallest absolute Gasteiger partial charge is 0.260 e. The van der Waals surface area contributed by atoms with Crippen LogP contribution in [0.1, 0.15) is 16.8 Å². The third-order valence-electron chi connectivity index (χ3n) is 4.67. The fraction of sp³-hybridized carbons (Fsp3) is 0.333. The minimum absolute atomic E-state index is 0.185. The number of amides is 1. The Kier molecular flexibility index (Phi) is 5.64. The summed E-state index contributed by atoms with van der Waals surface area (Å²) >= 11 is 1.44. The molecule has 0 saturated heterocycles. The van der Waals surface area contributed by atoms with Crippen LogP contribution in [0, 0.1) is 5.82 Å². The first kappa shape index (κ1) is 19.6. The van der Waals surface area contributed by atoms with Gasteiger partial charge in [0.1, 0.15) is 19.0 Å². The maximum Gasteiger partial charge on any atom is 0.260 e. The molecule has 6 nitrogen and oxygen atoms in total. The van der Waals surface area contributed by atoms with E-state index in [0.29, 0.717) is 42.0 Å². The van der Waals surface area contributed by atoms with E-state index in [0.717, 1.165) is 23.2 Å². The fourth-order valence-electron chi connectivity index (χ4n) is 3.19. The molecule has 1 amide bonds. The molecule has 0 bridgehead atoms. The highest BCUT2D eigenvalue weighted by Crippen LogP contribution is 2.39. The molecule has 0 saturated carbocycles. The summed E-state index contributed by atoms with van der Waals surface area (Å²) in [6, 6.07) is 9.39. The Morgan fingerprint density at radius 3 is 2.55 bits per heavy atom. The average Bonchev–Trinajstić information content (AvgIpc) is 3.11. The highest BCUT2D eigenvalue weighted by molar-refractivity contribution is 7.22. The van der Waals surface area contributed by atoms with E-state index in [-0.39, 0.29) is 11.7 Å². The number of quaternary nitrogens is 1. The fourth-order valence-corrected chi connectivity index (χ4v) is 4.19. The number of nitrogens with one attached hydrogen (secondary N) is 1. The maximum absolute atomic E-state index is 13.3. The molecule has 152 valence electrons. The number of ether oxygens (including phenoxy) is 2. The van der Waals surface area contributed by atoms with Gasteiger partial charge < -0.3 is 14.4 Å². The van der Waals surface area contributed by atoms with Gasteiger partial charge in [-0.25, -0.2) is 9.37 Å². The van der Waals surface area contributed by atoms with E-state index in [2.05, 4.69) is 14.1 Å². The zero-order chi connectivity index (χ0) is 20.4. The van der Waals surface area contributed by atoms with Crippen LogP contribution in [0.5, 0.6) is 11.5 Å². The third-order valence-corrected chi connectivity index (χ3v) is 5.71. The molecule has 29 heavy (non-hydrogen) atoms. The summed E-state index contributed by atoms with van der Waals surface area (Å²) in [5, 5.41) is 0.616. The van der Waals surface area contributed by atoms with Gasteiger partial charge in [-0.1, -0.05) is 11.3 Å². The number of thiazole rings is 1. The molecule has 4 rings (SSSR count). The molecule has 0 radical (unpaired) electrons. The lowest BCUT2D eigenvalue weighted by Crippen LogP contribution is -3.05. The van der Waals surface area contributed by atoms with E-state index in [1.165, 1.54) is 40.5 Å². The lowest BCUT2D eigenvalue weighted by Gasteiger charge is -2.20. The summed E-state index contributed by atoms with van der Waals surface area (Å²) < 4.78 is 25.5. The Hall–Kier alpha value is -2.71. The highest BCUT2D eigenvalue weighted by Gasteiger charge is 2.23. The van der Waals surface area contributed by atoms with Crippen molar-refractivity contribution in [2.45, 2.75) is 6.42 Å². The predicted octanol–water partition coefficient (Wildman–Crippen LogP) is 2.39. The van der Waals surface area contributed by atoms with Crippen molar-refractivity contribution < 1.29 is 23.6 Å². The summed E-state index contributed by atoms with van der Waals surface area (Å²) in [6.07, 6.45) is 0.827. The monoisotopic (exact) mass is 416 g/mol. The van der Waals surface area contributed by atoms with E-state index in [1.54, 1.807) is 4.90 Å². The number of fused-ring (bicyclic) bond motifs is 2. The quantitative estimate of drug-likeness (QED) is 0.671. The number of halogens is 1. The average molecular weight is 416 g/mol. The van der Waals surface area contributed by atoms with Gasteiger partial charge in [-0.3, -0.25) is 9.69 Å². The molecule has 0 aliphatic carbocycles. The van der Waals surface area contributed by atoms with Crippen LogP contribution in [0.25, 0.3) is 10.2 Å². The van der Waals surface area contributed by atoms with Crippen molar-refractivity contribution in [1.82, 2.24) is 4.98 Å². The van der Waals surface area contributed by atoms with Gasteiger partial charge in [0.05, 0.1) is 30.9 Å².